The van der Waals surface area contributed by atoms with E-state index >= 15 is 0 Å². The van der Waals surface area contributed by atoms with Gasteiger partial charge in [-0.1, -0.05) is 26.0 Å². The Labute approximate surface area is 159 Å². The Morgan fingerprint density at radius 2 is 1.78 bits per heavy atom. The molecule has 1 aliphatic carbocycles. The van der Waals surface area contributed by atoms with Crippen molar-refractivity contribution in [2.24, 2.45) is 5.41 Å². The van der Waals surface area contributed by atoms with Crippen molar-refractivity contribution in [3.05, 3.63) is 12.2 Å². The fourth-order valence-corrected chi connectivity index (χ4v) is 4.78. The molecular weight excluding hydrogens is 356 g/mol. The van der Waals surface area contributed by atoms with Gasteiger partial charge in [-0.2, -0.15) is 0 Å². The first kappa shape index (κ1) is 21.1. The van der Waals surface area contributed by atoms with E-state index in [1.54, 1.807) is 13.0 Å². The Balaban J connectivity index is 1.72. The van der Waals surface area contributed by atoms with Crippen molar-refractivity contribution in [2.75, 3.05) is 6.61 Å². The smallest absolute Gasteiger partial charge is 0.186 e. The molecule has 3 aliphatic rings. The zero-order valence-corrected chi connectivity index (χ0v) is 16.3. The van der Waals surface area contributed by atoms with E-state index in [4.69, 9.17) is 14.2 Å². The topological polar surface area (TPSA) is 132 Å². The van der Waals surface area contributed by atoms with Gasteiger partial charge in [0.1, 0.15) is 35.6 Å². The minimum absolute atomic E-state index is 0.301. The summed E-state index contributed by atoms with van der Waals surface area (Å²) < 4.78 is 17.6. The predicted molar refractivity (Wildman–Crippen MR) is 94.7 cm³/mol. The van der Waals surface area contributed by atoms with Gasteiger partial charge < -0.3 is 39.7 Å². The van der Waals surface area contributed by atoms with E-state index in [0.717, 1.165) is 0 Å². The maximum Gasteiger partial charge on any atom is 0.186 e. The van der Waals surface area contributed by atoms with E-state index in [1.165, 1.54) is 0 Å². The average molecular weight is 388 g/mol. The number of hydrogen-bond acceptors (Lipinski definition) is 8. The lowest BCUT2D eigenvalue weighted by molar-refractivity contribution is -0.315. The molecule has 27 heavy (non-hydrogen) atoms. The fraction of sp³-hybridized carbons (Fsp3) is 0.895. The van der Waals surface area contributed by atoms with Crippen molar-refractivity contribution in [1.29, 1.82) is 0 Å². The van der Waals surface area contributed by atoms with Crippen molar-refractivity contribution in [1.82, 2.24) is 0 Å². The molecule has 2 aliphatic heterocycles. The molecule has 8 heteroatoms. The molecule has 0 aromatic rings. The molecule has 0 bridgehead atoms. The molecule has 3 rings (SSSR count). The van der Waals surface area contributed by atoms with Gasteiger partial charge in [-0.25, -0.2) is 0 Å². The highest BCUT2D eigenvalue weighted by Gasteiger charge is 2.75. The molecule has 0 amide bonds. The third kappa shape index (κ3) is 3.47. The van der Waals surface area contributed by atoms with E-state index in [9.17, 15) is 25.5 Å². The van der Waals surface area contributed by atoms with Crippen LogP contribution < -0.4 is 0 Å². The van der Waals surface area contributed by atoms with Gasteiger partial charge in [0.15, 0.2) is 6.29 Å². The minimum Gasteiger partial charge on any atom is -0.394 e. The second kappa shape index (κ2) is 7.03. The number of ether oxygens (including phenoxy) is 3. The number of hydrogen-bond donors (Lipinski definition) is 5. The predicted octanol–water partition coefficient (Wildman–Crippen LogP) is -0.544. The molecule has 156 valence electrons. The van der Waals surface area contributed by atoms with Crippen molar-refractivity contribution < 1.29 is 39.7 Å². The number of aliphatic hydroxyl groups is 5. The van der Waals surface area contributed by atoms with Crippen LogP contribution in [0.15, 0.2) is 12.2 Å². The van der Waals surface area contributed by atoms with E-state index in [-0.39, 0.29) is 11.5 Å². The van der Waals surface area contributed by atoms with Crippen LogP contribution in [0.1, 0.15) is 40.5 Å². The van der Waals surface area contributed by atoms with Gasteiger partial charge >= 0.3 is 0 Å². The van der Waals surface area contributed by atoms with Gasteiger partial charge in [0, 0.05) is 11.8 Å². The minimum atomic E-state index is -1.46. The van der Waals surface area contributed by atoms with Crippen molar-refractivity contribution >= 4 is 0 Å². The summed E-state index contributed by atoms with van der Waals surface area (Å²) in [7, 11) is 0. The highest BCUT2D eigenvalue weighted by atomic mass is 16.7. The molecule has 5 N–H and O–H groups in total. The maximum absolute atomic E-state index is 10.2. The first-order valence-electron chi connectivity index (χ1n) is 9.50. The molecule has 0 aromatic carbocycles. The normalized spacial score (nSPS) is 50.4. The molecule has 0 aromatic heterocycles. The zero-order valence-electron chi connectivity index (χ0n) is 16.3. The van der Waals surface area contributed by atoms with Gasteiger partial charge in [-0.15, -0.1) is 0 Å². The summed E-state index contributed by atoms with van der Waals surface area (Å²) in [6, 6.07) is 0. The molecule has 3 fully saturated rings. The SMILES string of the molecule is C[C@H](O)/C=C/[C@@]12O[C@]1(C)C[C@H](O[C@@H]1O[C@H](CO)[C@@H](O)[C@H](O)[C@H]1O)CC2(C)C. The highest BCUT2D eigenvalue weighted by molar-refractivity contribution is 5.32. The maximum atomic E-state index is 10.2. The van der Waals surface area contributed by atoms with E-state index < -0.39 is 54.6 Å². The number of fused-ring (bicyclic) bond motifs is 1. The van der Waals surface area contributed by atoms with E-state index in [0.29, 0.717) is 12.8 Å². The summed E-state index contributed by atoms with van der Waals surface area (Å²) in [6.07, 6.45) is -2.47. The lowest BCUT2D eigenvalue weighted by atomic mass is 9.63. The van der Waals surface area contributed by atoms with Crippen molar-refractivity contribution in [3.8, 4) is 0 Å². The molecule has 2 saturated heterocycles. The molecular formula is C19H32O8. The molecule has 9 atom stereocenters. The quantitative estimate of drug-likeness (QED) is 0.313. The number of rotatable bonds is 5. The number of epoxide rings is 1. The third-order valence-corrected chi connectivity index (χ3v) is 6.28. The highest BCUT2D eigenvalue weighted by Crippen LogP contribution is 2.66. The molecule has 0 radical (unpaired) electrons. The Kier molecular flexibility index (Phi) is 5.51. The summed E-state index contributed by atoms with van der Waals surface area (Å²) >= 11 is 0. The average Bonchev–Trinajstić information content (AvgIpc) is 3.20. The largest absolute Gasteiger partial charge is 0.394 e. The molecule has 8 nitrogen and oxygen atoms in total. The number of aliphatic hydroxyl groups excluding tert-OH is 5. The Bertz CT molecular complexity index is 576. The summed E-state index contributed by atoms with van der Waals surface area (Å²) in [5.41, 5.74) is -1.27. The monoisotopic (exact) mass is 388 g/mol. The van der Waals surface area contributed by atoms with Crippen LogP contribution in [0.3, 0.4) is 0 Å². The van der Waals surface area contributed by atoms with Crippen LogP contribution >= 0.6 is 0 Å². The summed E-state index contributed by atoms with van der Waals surface area (Å²) in [5, 5.41) is 49.0. The van der Waals surface area contributed by atoms with E-state index in [2.05, 4.69) is 13.8 Å². The van der Waals surface area contributed by atoms with E-state index in [1.807, 2.05) is 13.0 Å². The third-order valence-electron chi connectivity index (χ3n) is 6.28. The fourth-order valence-electron chi connectivity index (χ4n) is 4.78. The van der Waals surface area contributed by atoms with Crippen LogP contribution in [0.2, 0.25) is 0 Å². The Morgan fingerprint density at radius 3 is 2.33 bits per heavy atom. The van der Waals surface area contributed by atoms with Gasteiger partial charge in [-0.05, 0) is 20.3 Å². The summed E-state index contributed by atoms with van der Waals surface area (Å²) in [5.74, 6) is 0. The van der Waals surface area contributed by atoms with Crippen LogP contribution in [-0.4, -0.2) is 86.3 Å². The van der Waals surface area contributed by atoms with Crippen LogP contribution in [0.5, 0.6) is 0 Å². The lowest BCUT2D eigenvalue weighted by Crippen LogP contribution is -2.60. The second-order valence-corrected chi connectivity index (χ2v) is 8.92. The van der Waals surface area contributed by atoms with Gasteiger partial charge in [-0.3, -0.25) is 0 Å². The van der Waals surface area contributed by atoms with Crippen LogP contribution in [0.25, 0.3) is 0 Å². The first-order chi connectivity index (χ1) is 12.5. The van der Waals surface area contributed by atoms with Gasteiger partial charge in [0.25, 0.3) is 0 Å². The molecule has 0 spiro atoms. The standard InChI is InChI=1S/C19H32O8/c1-10(21)5-6-19-17(2,3)7-11(8-18(19,4)27-19)25-16-15(24)14(23)13(22)12(9-20)26-16/h5-6,10-16,20-24H,7-9H2,1-4H3/b6-5+/t10-,11+,12+,13+,14-,15+,16+,18+,19-/m0/s1. The molecule has 0 unspecified atom stereocenters. The van der Waals surface area contributed by atoms with Gasteiger partial charge in [0.2, 0.25) is 0 Å². The molecule has 1 saturated carbocycles. The van der Waals surface area contributed by atoms with Crippen LogP contribution in [-0.2, 0) is 14.2 Å². The van der Waals surface area contributed by atoms with Crippen LogP contribution in [0.4, 0.5) is 0 Å². The first-order valence-corrected chi connectivity index (χ1v) is 9.50. The van der Waals surface area contributed by atoms with Crippen molar-refractivity contribution in [2.45, 2.75) is 94.7 Å². The Hall–Kier alpha value is -0.580. The zero-order chi connectivity index (χ0) is 20.2. The lowest BCUT2D eigenvalue weighted by Gasteiger charge is -2.44. The summed E-state index contributed by atoms with van der Waals surface area (Å²) in [6.45, 7) is 7.31. The molecule has 2 heterocycles. The van der Waals surface area contributed by atoms with Crippen molar-refractivity contribution in [3.63, 3.8) is 0 Å². The Morgan fingerprint density at radius 1 is 1.11 bits per heavy atom. The second-order valence-electron chi connectivity index (χ2n) is 8.92. The van der Waals surface area contributed by atoms with Gasteiger partial charge in [0.05, 0.1) is 18.8 Å². The summed E-state index contributed by atoms with van der Waals surface area (Å²) in [4.78, 5) is 0. The van der Waals surface area contributed by atoms with Crippen LogP contribution in [0, 0.1) is 5.41 Å².